The molecule has 1 aromatic rings. The molecule has 0 N–H and O–H groups in total. The lowest BCUT2D eigenvalue weighted by molar-refractivity contribution is -0.106. The molecule has 1 fully saturated rings. The lowest BCUT2D eigenvalue weighted by atomic mass is 10.2. The second-order valence-electron chi connectivity index (χ2n) is 3.70. The van der Waals surface area contributed by atoms with Crippen LogP contribution in [-0.4, -0.2) is 37.5 Å². The lowest BCUT2D eigenvalue weighted by Crippen LogP contribution is -2.35. The van der Waals surface area contributed by atoms with E-state index >= 15 is 0 Å². The van der Waals surface area contributed by atoms with E-state index in [0.29, 0.717) is 13.2 Å². The Balaban J connectivity index is 2.15. The van der Waals surface area contributed by atoms with Crippen molar-refractivity contribution < 1.29 is 9.53 Å². The molecule has 1 saturated heterocycles. The van der Waals surface area contributed by atoms with Gasteiger partial charge in [0.05, 0.1) is 18.9 Å². The molecule has 16 heavy (non-hydrogen) atoms. The van der Waals surface area contributed by atoms with Gasteiger partial charge in [-0.1, -0.05) is 30.3 Å². The van der Waals surface area contributed by atoms with Crippen LogP contribution in [0.3, 0.4) is 0 Å². The fraction of sp³-hybridized carbons (Fsp3) is 0.308. The largest absolute Gasteiger partial charge is 0.378 e. The Labute approximate surface area is 95.3 Å². The van der Waals surface area contributed by atoms with Gasteiger partial charge in [0, 0.05) is 13.1 Å². The monoisotopic (exact) mass is 217 g/mol. The fourth-order valence-electron chi connectivity index (χ4n) is 1.74. The Morgan fingerprint density at radius 2 is 1.88 bits per heavy atom. The van der Waals surface area contributed by atoms with Gasteiger partial charge in [0.1, 0.15) is 0 Å². The summed E-state index contributed by atoms with van der Waals surface area (Å²) in [6.07, 6.45) is 2.83. The van der Waals surface area contributed by atoms with Gasteiger partial charge in [0.15, 0.2) is 6.29 Å². The van der Waals surface area contributed by atoms with Crippen molar-refractivity contribution in [2.75, 3.05) is 26.3 Å². The molecule has 3 heteroatoms. The SMILES string of the molecule is O=C/C(=C/c1ccccc1)N1CCOCC1. The van der Waals surface area contributed by atoms with Crippen LogP contribution in [0.5, 0.6) is 0 Å². The summed E-state index contributed by atoms with van der Waals surface area (Å²) in [6, 6.07) is 9.88. The van der Waals surface area contributed by atoms with Crippen LogP contribution in [0.4, 0.5) is 0 Å². The third-order valence-corrected chi connectivity index (χ3v) is 2.61. The van der Waals surface area contributed by atoms with Gasteiger partial charge >= 0.3 is 0 Å². The smallest absolute Gasteiger partial charge is 0.166 e. The molecule has 0 aliphatic carbocycles. The third-order valence-electron chi connectivity index (χ3n) is 2.61. The van der Waals surface area contributed by atoms with E-state index in [1.807, 2.05) is 36.4 Å². The van der Waals surface area contributed by atoms with E-state index in [1.165, 1.54) is 0 Å². The van der Waals surface area contributed by atoms with Crippen LogP contribution in [-0.2, 0) is 9.53 Å². The second-order valence-corrected chi connectivity index (χ2v) is 3.70. The summed E-state index contributed by atoms with van der Waals surface area (Å²) in [5, 5.41) is 0. The van der Waals surface area contributed by atoms with Crippen molar-refractivity contribution in [2.45, 2.75) is 0 Å². The molecule has 3 nitrogen and oxygen atoms in total. The number of rotatable bonds is 3. The first-order valence-corrected chi connectivity index (χ1v) is 5.45. The zero-order chi connectivity index (χ0) is 11.2. The Hall–Kier alpha value is -1.61. The van der Waals surface area contributed by atoms with Gasteiger partial charge in [-0.25, -0.2) is 0 Å². The number of nitrogens with zero attached hydrogens (tertiary/aromatic N) is 1. The molecule has 84 valence electrons. The summed E-state index contributed by atoms with van der Waals surface area (Å²) in [5.74, 6) is 0. The highest BCUT2D eigenvalue weighted by Gasteiger charge is 2.12. The molecule has 0 spiro atoms. The number of hydrogen-bond donors (Lipinski definition) is 0. The molecule has 0 aromatic heterocycles. The molecule has 2 rings (SSSR count). The Morgan fingerprint density at radius 1 is 1.19 bits per heavy atom. The molecule has 0 bridgehead atoms. The van der Waals surface area contributed by atoms with Crippen molar-refractivity contribution in [3.05, 3.63) is 41.6 Å². The average molecular weight is 217 g/mol. The maximum Gasteiger partial charge on any atom is 0.166 e. The van der Waals surface area contributed by atoms with Crippen LogP contribution < -0.4 is 0 Å². The van der Waals surface area contributed by atoms with E-state index in [2.05, 4.69) is 4.90 Å². The first-order chi connectivity index (χ1) is 7.90. The summed E-state index contributed by atoms with van der Waals surface area (Å²) in [5.41, 5.74) is 1.78. The highest BCUT2D eigenvalue weighted by molar-refractivity contribution is 5.80. The van der Waals surface area contributed by atoms with Crippen molar-refractivity contribution in [3.8, 4) is 0 Å². The van der Waals surface area contributed by atoms with Gasteiger partial charge in [-0.3, -0.25) is 4.79 Å². The summed E-state index contributed by atoms with van der Waals surface area (Å²) in [6.45, 7) is 2.97. The van der Waals surface area contributed by atoms with E-state index in [4.69, 9.17) is 4.74 Å². The predicted octanol–water partition coefficient (Wildman–Crippen LogP) is 1.56. The quantitative estimate of drug-likeness (QED) is 0.568. The van der Waals surface area contributed by atoms with Gasteiger partial charge in [-0.05, 0) is 11.6 Å². The summed E-state index contributed by atoms with van der Waals surface area (Å²) in [7, 11) is 0. The van der Waals surface area contributed by atoms with E-state index in [-0.39, 0.29) is 0 Å². The van der Waals surface area contributed by atoms with Crippen LogP contribution in [0.2, 0.25) is 0 Å². The van der Waals surface area contributed by atoms with Crippen molar-refractivity contribution in [1.82, 2.24) is 4.90 Å². The number of carbonyl (C=O) groups is 1. The minimum atomic E-state index is 0.694. The zero-order valence-corrected chi connectivity index (χ0v) is 9.13. The number of carbonyl (C=O) groups excluding carboxylic acids is 1. The van der Waals surface area contributed by atoms with Crippen LogP contribution in [0.1, 0.15) is 5.56 Å². The topological polar surface area (TPSA) is 29.5 Å². The van der Waals surface area contributed by atoms with Gasteiger partial charge in [-0.2, -0.15) is 0 Å². The molecule has 1 aliphatic heterocycles. The zero-order valence-electron chi connectivity index (χ0n) is 9.13. The second kappa shape index (κ2) is 5.47. The average Bonchev–Trinajstić information content (AvgIpc) is 2.38. The van der Waals surface area contributed by atoms with Crippen LogP contribution in [0.25, 0.3) is 6.08 Å². The van der Waals surface area contributed by atoms with Crippen LogP contribution in [0.15, 0.2) is 36.0 Å². The van der Waals surface area contributed by atoms with Crippen LogP contribution in [0, 0.1) is 0 Å². The molecular weight excluding hydrogens is 202 g/mol. The number of ether oxygens (including phenoxy) is 1. The molecular formula is C13H15NO2. The highest BCUT2D eigenvalue weighted by atomic mass is 16.5. The molecule has 0 atom stereocenters. The first kappa shape index (κ1) is 10.9. The van der Waals surface area contributed by atoms with Gasteiger partial charge < -0.3 is 9.64 Å². The van der Waals surface area contributed by atoms with Gasteiger partial charge in [0.25, 0.3) is 0 Å². The van der Waals surface area contributed by atoms with Gasteiger partial charge in [-0.15, -0.1) is 0 Å². The Bertz CT molecular complexity index is 367. The maximum absolute atomic E-state index is 11.1. The summed E-state index contributed by atoms with van der Waals surface area (Å²) < 4.78 is 5.26. The van der Waals surface area contributed by atoms with E-state index in [1.54, 1.807) is 0 Å². The predicted molar refractivity (Wildman–Crippen MR) is 62.9 cm³/mol. The maximum atomic E-state index is 11.1. The summed E-state index contributed by atoms with van der Waals surface area (Å²) >= 11 is 0. The fourth-order valence-corrected chi connectivity index (χ4v) is 1.74. The summed E-state index contributed by atoms with van der Waals surface area (Å²) in [4.78, 5) is 13.1. The molecule has 0 radical (unpaired) electrons. The number of aldehydes is 1. The third kappa shape index (κ3) is 2.70. The van der Waals surface area contributed by atoms with Crippen molar-refractivity contribution in [1.29, 1.82) is 0 Å². The Kier molecular flexibility index (Phi) is 3.72. The van der Waals surface area contributed by atoms with E-state index in [9.17, 15) is 4.79 Å². The number of benzene rings is 1. The van der Waals surface area contributed by atoms with Crippen molar-refractivity contribution in [2.24, 2.45) is 0 Å². The molecule has 1 aromatic carbocycles. The minimum Gasteiger partial charge on any atom is -0.378 e. The number of morpholine rings is 1. The van der Waals surface area contributed by atoms with Crippen molar-refractivity contribution in [3.63, 3.8) is 0 Å². The molecule has 1 heterocycles. The highest BCUT2D eigenvalue weighted by Crippen LogP contribution is 2.10. The normalized spacial score (nSPS) is 17.2. The molecule has 0 saturated carbocycles. The minimum absolute atomic E-state index is 0.694. The Morgan fingerprint density at radius 3 is 2.50 bits per heavy atom. The van der Waals surface area contributed by atoms with E-state index in [0.717, 1.165) is 30.6 Å². The van der Waals surface area contributed by atoms with Crippen LogP contribution >= 0.6 is 0 Å². The van der Waals surface area contributed by atoms with E-state index < -0.39 is 0 Å². The standard InChI is InChI=1S/C13H15NO2/c15-11-13(14-6-8-16-9-7-14)10-12-4-2-1-3-5-12/h1-5,10-11H,6-9H2/b13-10-. The first-order valence-electron chi connectivity index (χ1n) is 5.45. The van der Waals surface area contributed by atoms with Crippen molar-refractivity contribution >= 4 is 12.4 Å². The lowest BCUT2D eigenvalue weighted by Gasteiger charge is -2.28. The molecule has 0 unspecified atom stereocenters. The number of allylic oxidation sites excluding steroid dienone is 1. The molecule has 1 aliphatic rings. The number of hydrogen-bond acceptors (Lipinski definition) is 3. The molecule has 0 amide bonds. The van der Waals surface area contributed by atoms with Gasteiger partial charge in [0.2, 0.25) is 0 Å².